The second-order valence-electron chi connectivity index (χ2n) is 3.77. The van der Waals surface area contributed by atoms with Gasteiger partial charge in [-0.2, -0.15) is 0 Å². The molecule has 0 heterocycles. The zero-order valence-electron chi connectivity index (χ0n) is 10.9. The molecule has 0 unspecified atom stereocenters. The Morgan fingerprint density at radius 3 is 1.89 bits per heavy atom. The molecular formula is C10H23Cl4O2P2+. The second-order valence-corrected chi connectivity index (χ2v) is 12.3. The molecule has 0 fully saturated rings. The summed E-state index contributed by atoms with van der Waals surface area (Å²) in [5.41, 5.74) is 0. The summed E-state index contributed by atoms with van der Waals surface area (Å²) in [7, 11) is 0. The molecule has 0 rings (SSSR count). The number of halogens is 4. The van der Waals surface area contributed by atoms with Crippen molar-refractivity contribution in [2.75, 3.05) is 12.8 Å². The average Bonchev–Trinajstić information content (AvgIpc) is 2.24. The SMILES string of the molecule is CCCCCOP(Cl)Cl.CCCCC[P+](O)(Cl)Cl. The minimum Gasteiger partial charge on any atom is -0.332 e. The first-order valence-corrected chi connectivity index (χ1v) is 12.9. The Labute approximate surface area is 132 Å². The first-order chi connectivity index (χ1) is 8.33. The monoisotopic (exact) mass is 377 g/mol. The molecule has 1 N–H and O–H groups in total. The van der Waals surface area contributed by atoms with Crippen LogP contribution in [0.4, 0.5) is 0 Å². The lowest BCUT2D eigenvalue weighted by Crippen LogP contribution is -1.83. The van der Waals surface area contributed by atoms with E-state index in [9.17, 15) is 0 Å². The van der Waals surface area contributed by atoms with Gasteiger partial charge in [-0.25, -0.2) is 4.89 Å². The summed E-state index contributed by atoms with van der Waals surface area (Å²) in [6.45, 7) is 3.77. The third kappa shape index (κ3) is 26.5. The van der Waals surface area contributed by atoms with Crippen LogP contribution in [-0.4, -0.2) is 17.7 Å². The van der Waals surface area contributed by atoms with Gasteiger partial charge in [0.2, 0.25) is 6.85 Å². The van der Waals surface area contributed by atoms with Crippen molar-refractivity contribution in [1.82, 2.24) is 0 Å². The van der Waals surface area contributed by atoms with Crippen LogP contribution in [0.2, 0.25) is 0 Å². The zero-order valence-corrected chi connectivity index (χ0v) is 15.7. The maximum absolute atomic E-state index is 8.89. The fourth-order valence-electron chi connectivity index (χ4n) is 1.04. The van der Waals surface area contributed by atoms with Crippen molar-refractivity contribution in [3.05, 3.63) is 0 Å². The summed E-state index contributed by atoms with van der Waals surface area (Å²) in [6.07, 6.45) is 4.70. The van der Waals surface area contributed by atoms with Gasteiger partial charge >= 0.3 is 6.19 Å². The highest BCUT2D eigenvalue weighted by Gasteiger charge is 2.29. The van der Waals surface area contributed by atoms with Crippen molar-refractivity contribution in [1.29, 1.82) is 0 Å². The van der Waals surface area contributed by atoms with E-state index in [0.29, 0.717) is 12.8 Å². The minimum atomic E-state index is -2.50. The lowest BCUT2D eigenvalue weighted by Gasteiger charge is -2.00. The van der Waals surface area contributed by atoms with Crippen LogP contribution < -0.4 is 0 Å². The second kappa shape index (κ2) is 15.3. The van der Waals surface area contributed by atoms with Crippen molar-refractivity contribution in [2.45, 2.75) is 52.4 Å². The van der Waals surface area contributed by atoms with Gasteiger partial charge in [0.05, 0.1) is 6.61 Å². The predicted molar refractivity (Wildman–Crippen MR) is 89.3 cm³/mol. The van der Waals surface area contributed by atoms with Crippen LogP contribution in [0.15, 0.2) is 0 Å². The Kier molecular flexibility index (Phi) is 18.9. The van der Waals surface area contributed by atoms with Crippen LogP contribution in [0.1, 0.15) is 52.4 Å². The Morgan fingerprint density at radius 1 is 1.00 bits per heavy atom. The third-order valence-electron chi connectivity index (χ3n) is 1.97. The van der Waals surface area contributed by atoms with Crippen LogP contribution in [-0.2, 0) is 4.52 Å². The summed E-state index contributed by atoms with van der Waals surface area (Å²) < 4.78 is 4.94. The lowest BCUT2D eigenvalue weighted by atomic mass is 10.3. The molecule has 0 atom stereocenters. The van der Waals surface area contributed by atoms with E-state index in [2.05, 4.69) is 13.8 Å². The van der Waals surface area contributed by atoms with E-state index in [0.717, 1.165) is 25.7 Å². The average molecular weight is 379 g/mol. The van der Waals surface area contributed by atoms with Crippen molar-refractivity contribution in [3.63, 3.8) is 0 Å². The molecular weight excluding hydrogens is 356 g/mol. The summed E-state index contributed by atoms with van der Waals surface area (Å²) in [5, 5.41) is 0. The molecule has 112 valence electrons. The van der Waals surface area contributed by atoms with Crippen molar-refractivity contribution in [3.8, 4) is 0 Å². The van der Waals surface area contributed by atoms with E-state index < -0.39 is 13.0 Å². The first-order valence-electron chi connectivity index (χ1n) is 6.08. The molecule has 0 aromatic carbocycles. The third-order valence-corrected chi connectivity index (χ3v) is 4.80. The number of hydrogen-bond donors (Lipinski definition) is 1. The quantitative estimate of drug-likeness (QED) is 0.336. The largest absolute Gasteiger partial charge is 0.335 e. The van der Waals surface area contributed by atoms with Crippen LogP contribution in [0.25, 0.3) is 0 Å². The maximum Gasteiger partial charge on any atom is 0.335 e. The molecule has 0 spiro atoms. The molecule has 0 saturated heterocycles. The standard InChI is InChI=1S/C5H12Cl2OP.C5H11Cl2OP/c1-2-3-4-5-9(6,7)8;1-2-3-4-5-8-9(6)7/h8H,2-5H2,1H3;2-5H2,1H3/q+1;. The molecule has 0 aliphatic rings. The van der Waals surface area contributed by atoms with Gasteiger partial charge < -0.3 is 4.52 Å². The van der Waals surface area contributed by atoms with Gasteiger partial charge in [-0.15, -0.1) is 0 Å². The van der Waals surface area contributed by atoms with Gasteiger partial charge in [0.1, 0.15) is 28.6 Å². The fourth-order valence-corrected chi connectivity index (χ4v) is 3.04. The molecule has 8 heteroatoms. The fraction of sp³-hybridized carbons (Fsp3) is 1.00. The Bertz CT molecular complexity index is 168. The summed E-state index contributed by atoms with van der Waals surface area (Å²) >= 11 is 21.5. The smallest absolute Gasteiger partial charge is 0.332 e. The Morgan fingerprint density at radius 2 is 1.50 bits per heavy atom. The molecule has 2 nitrogen and oxygen atoms in total. The van der Waals surface area contributed by atoms with Gasteiger partial charge in [0.15, 0.2) is 0 Å². The highest BCUT2D eigenvalue weighted by molar-refractivity contribution is 8.13. The van der Waals surface area contributed by atoms with Crippen LogP contribution in [0, 0.1) is 0 Å². The molecule has 0 bridgehead atoms. The van der Waals surface area contributed by atoms with E-state index in [1.807, 2.05) is 0 Å². The molecule has 0 radical (unpaired) electrons. The molecule has 0 aromatic heterocycles. The first kappa shape index (κ1) is 22.2. The number of hydrogen-bond acceptors (Lipinski definition) is 2. The lowest BCUT2D eigenvalue weighted by molar-refractivity contribution is 0.350. The minimum absolute atomic E-state index is 0.573. The molecule has 0 aliphatic carbocycles. The Hall–Kier alpha value is 1.94. The topological polar surface area (TPSA) is 29.5 Å². The highest BCUT2D eigenvalue weighted by atomic mass is 35.9. The highest BCUT2D eigenvalue weighted by Crippen LogP contribution is 2.65. The van der Waals surface area contributed by atoms with E-state index in [4.69, 9.17) is 54.4 Å². The van der Waals surface area contributed by atoms with E-state index >= 15 is 0 Å². The molecule has 0 saturated carbocycles. The van der Waals surface area contributed by atoms with Gasteiger partial charge in [0, 0.05) is 0 Å². The zero-order chi connectivity index (χ0) is 14.4. The summed E-state index contributed by atoms with van der Waals surface area (Å²) in [5.74, 6) is 0. The maximum atomic E-state index is 8.89. The van der Waals surface area contributed by atoms with Crippen LogP contribution >= 0.6 is 58.0 Å². The molecule has 0 aliphatic heterocycles. The van der Waals surface area contributed by atoms with Gasteiger partial charge in [0.25, 0.3) is 0 Å². The van der Waals surface area contributed by atoms with Crippen molar-refractivity contribution >= 4 is 58.0 Å². The molecule has 0 aromatic rings. The Balaban J connectivity index is 0. The van der Waals surface area contributed by atoms with Gasteiger partial charge in [-0.3, -0.25) is 0 Å². The van der Waals surface area contributed by atoms with Crippen molar-refractivity contribution < 1.29 is 9.42 Å². The van der Waals surface area contributed by atoms with Crippen LogP contribution in [0.5, 0.6) is 0 Å². The predicted octanol–water partition coefficient (Wildman–Crippen LogP) is 7.31. The van der Waals surface area contributed by atoms with Crippen LogP contribution in [0.3, 0.4) is 0 Å². The van der Waals surface area contributed by atoms with E-state index in [-0.39, 0.29) is 0 Å². The van der Waals surface area contributed by atoms with E-state index in [1.54, 1.807) is 0 Å². The summed E-state index contributed by atoms with van der Waals surface area (Å²) in [4.78, 5) is 8.89. The molecule has 0 amide bonds. The summed E-state index contributed by atoms with van der Waals surface area (Å²) in [6, 6.07) is 0. The molecule has 18 heavy (non-hydrogen) atoms. The van der Waals surface area contributed by atoms with Crippen molar-refractivity contribution in [2.24, 2.45) is 0 Å². The van der Waals surface area contributed by atoms with E-state index in [1.165, 1.54) is 12.8 Å². The number of unbranched alkanes of at least 4 members (excludes halogenated alkanes) is 4. The van der Waals surface area contributed by atoms with Gasteiger partial charge in [-0.1, -0.05) is 33.1 Å². The normalized spacial score (nSPS) is 11.3. The van der Waals surface area contributed by atoms with Gasteiger partial charge in [-0.05, 0) is 41.7 Å². The number of rotatable bonds is 9.